The summed E-state index contributed by atoms with van der Waals surface area (Å²) in [5.41, 5.74) is 0.960. The third-order valence-corrected chi connectivity index (χ3v) is 6.50. The van der Waals surface area contributed by atoms with Gasteiger partial charge in [0.05, 0.1) is 22.7 Å². The molecule has 1 fully saturated rings. The molecule has 1 aliphatic carbocycles. The highest BCUT2D eigenvalue weighted by molar-refractivity contribution is 7.14. The molecule has 0 aliphatic heterocycles. The first kappa shape index (κ1) is 24.0. The fourth-order valence-corrected chi connectivity index (χ4v) is 4.16. The van der Waals surface area contributed by atoms with Crippen LogP contribution in [0, 0.1) is 5.92 Å². The second-order valence-corrected chi connectivity index (χ2v) is 9.80. The number of hydrogen-bond acceptors (Lipinski definition) is 8. The molecule has 0 unspecified atom stereocenters. The number of halogens is 1. The van der Waals surface area contributed by atoms with Gasteiger partial charge < -0.3 is 19.2 Å². The molecule has 1 saturated carbocycles. The lowest BCUT2D eigenvalue weighted by atomic mass is 10.2. The molecule has 0 bridgehead atoms. The van der Waals surface area contributed by atoms with Gasteiger partial charge in [-0.25, -0.2) is 9.97 Å². The molecule has 5 rings (SSSR count). The second-order valence-electron chi connectivity index (χ2n) is 8.37. The van der Waals surface area contributed by atoms with Crippen molar-refractivity contribution in [1.82, 2.24) is 20.3 Å². The SMILES string of the molecule is C[C@@H](/C=C/c1cnc(Oc2ccc(OCC3CC3)cc2Cl)s1)NC(=O)c1ccnc(-c2ncco2)c1. The van der Waals surface area contributed by atoms with Crippen molar-refractivity contribution < 1.29 is 18.7 Å². The van der Waals surface area contributed by atoms with E-state index in [-0.39, 0.29) is 11.9 Å². The molecule has 1 N–H and O–H groups in total. The van der Waals surface area contributed by atoms with Gasteiger partial charge in [-0.15, -0.1) is 0 Å². The number of pyridine rings is 1. The number of aromatic nitrogens is 3. The number of ether oxygens (including phenoxy) is 2. The number of nitrogens with zero attached hydrogens (tertiary/aromatic N) is 3. The molecule has 3 heterocycles. The molecule has 3 aromatic heterocycles. The van der Waals surface area contributed by atoms with E-state index in [1.54, 1.807) is 36.7 Å². The first-order valence-corrected chi connectivity index (χ1v) is 12.6. The van der Waals surface area contributed by atoms with Gasteiger partial charge in [-0.05, 0) is 56.0 Å². The fraction of sp³-hybridized carbons (Fsp3) is 0.231. The van der Waals surface area contributed by atoms with Crippen molar-refractivity contribution in [2.75, 3.05) is 6.61 Å². The van der Waals surface area contributed by atoms with Crippen LogP contribution in [0.1, 0.15) is 35.0 Å². The summed E-state index contributed by atoms with van der Waals surface area (Å²) in [6, 6.07) is 8.45. The molecule has 8 nitrogen and oxygen atoms in total. The standard InChI is InChI=1S/C26H23ClN4O4S/c1-16(31-24(32)18-8-9-28-22(12-18)25-29-10-11-33-25)2-6-20-14-30-26(36-20)35-23-7-5-19(13-21(23)27)34-15-17-3-4-17/h2,5-14,16-17H,3-4,15H2,1H3,(H,31,32)/b6-2+/t16-/m0/s1. The maximum atomic E-state index is 12.7. The van der Waals surface area contributed by atoms with Crippen LogP contribution < -0.4 is 14.8 Å². The summed E-state index contributed by atoms with van der Waals surface area (Å²) in [6.45, 7) is 2.61. The monoisotopic (exact) mass is 522 g/mol. The predicted molar refractivity (Wildman–Crippen MR) is 138 cm³/mol. The number of hydrogen-bond donors (Lipinski definition) is 1. The zero-order valence-electron chi connectivity index (χ0n) is 19.4. The molecule has 0 spiro atoms. The van der Waals surface area contributed by atoms with E-state index in [9.17, 15) is 4.79 Å². The highest BCUT2D eigenvalue weighted by Gasteiger charge is 2.22. The van der Waals surface area contributed by atoms with Crippen LogP contribution in [-0.4, -0.2) is 33.5 Å². The van der Waals surface area contributed by atoms with Gasteiger partial charge in [0.25, 0.3) is 11.1 Å². The molecular formula is C26H23ClN4O4S. The van der Waals surface area contributed by atoms with Gasteiger partial charge in [0.2, 0.25) is 5.89 Å². The van der Waals surface area contributed by atoms with Gasteiger partial charge in [-0.2, -0.15) is 0 Å². The lowest BCUT2D eigenvalue weighted by molar-refractivity contribution is 0.0947. The third-order valence-electron chi connectivity index (χ3n) is 5.37. The molecule has 0 saturated heterocycles. The van der Waals surface area contributed by atoms with Crippen molar-refractivity contribution in [2.45, 2.75) is 25.8 Å². The number of carbonyl (C=O) groups is 1. The van der Waals surface area contributed by atoms with Crippen LogP contribution in [0.2, 0.25) is 5.02 Å². The van der Waals surface area contributed by atoms with E-state index in [1.807, 2.05) is 25.1 Å². The van der Waals surface area contributed by atoms with Gasteiger partial charge in [-0.3, -0.25) is 9.78 Å². The van der Waals surface area contributed by atoms with Crippen molar-refractivity contribution in [3.05, 3.63) is 76.7 Å². The Hall–Kier alpha value is -3.69. The molecule has 1 aliphatic rings. The Labute approximate surface area is 217 Å². The number of amides is 1. The molecule has 36 heavy (non-hydrogen) atoms. The van der Waals surface area contributed by atoms with E-state index in [4.69, 9.17) is 25.5 Å². The molecule has 1 aromatic carbocycles. The Kier molecular flexibility index (Phi) is 7.29. The minimum absolute atomic E-state index is 0.222. The van der Waals surface area contributed by atoms with Gasteiger partial charge in [0.15, 0.2) is 0 Å². The number of benzene rings is 1. The molecule has 4 aromatic rings. The Morgan fingerprint density at radius 3 is 2.92 bits per heavy atom. The summed E-state index contributed by atoms with van der Waals surface area (Å²) in [5.74, 6) is 2.06. The highest BCUT2D eigenvalue weighted by atomic mass is 35.5. The van der Waals surface area contributed by atoms with Crippen molar-refractivity contribution in [3.8, 4) is 28.3 Å². The second kappa shape index (κ2) is 10.9. The normalized spacial score (nSPS) is 14.1. The van der Waals surface area contributed by atoms with Crippen LogP contribution in [0.4, 0.5) is 0 Å². The van der Waals surface area contributed by atoms with Crippen molar-refractivity contribution in [1.29, 1.82) is 0 Å². The predicted octanol–water partition coefficient (Wildman–Crippen LogP) is 6.26. The fourth-order valence-electron chi connectivity index (χ4n) is 3.26. The first-order valence-electron chi connectivity index (χ1n) is 11.4. The smallest absolute Gasteiger partial charge is 0.279 e. The van der Waals surface area contributed by atoms with Gasteiger partial charge in [0, 0.05) is 30.1 Å². The third kappa shape index (κ3) is 6.30. The van der Waals surface area contributed by atoms with Crippen molar-refractivity contribution in [3.63, 3.8) is 0 Å². The summed E-state index contributed by atoms with van der Waals surface area (Å²) in [6.07, 6.45) is 12.5. The Bertz CT molecular complexity index is 1370. The van der Waals surface area contributed by atoms with Gasteiger partial charge in [0.1, 0.15) is 23.5 Å². The highest BCUT2D eigenvalue weighted by Crippen LogP contribution is 2.35. The first-order chi connectivity index (χ1) is 17.5. The van der Waals surface area contributed by atoms with E-state index in [1.165, 1.54) is 36.6 Å². The lowest BCUT2D eigenvalue weighted by Gasteiger charge is -2.10. The topological polar surface area (TPSA) is 99.4 Å². The molecule has 1 amide bonds. The van der Waals surface area contributed by atoms with Crippen molar-refractivity contribution in [2.24, 2.45) is 5.92 Å². The van der Waals surface area contributed by atoms with Crippen LogP contribution in [0.25, 0.3) is 17.7 Å². The van der Waals surface area contributed by atoms with Crippen molar-refractivity contribution >= 4 is 34.9 Å². The lowest BCUT2D eigenvalue weighted by Crippen LogP contribution is -2.31. The maximum absolute atomic E-state index is 12.7. The quantitative estimate of drug-likeness (QED) is 0.262. The molecule has 0 radical (unpaired) electrons. The zero-order valence-corrected chi connectivity index (χ0v) is 21.0. The van der Waals surface area contributed by atoms with E-state index >= 15 is 0 Å². The Morgan fingerprint density at radius 1 is 1.25 bits per heavy atom. The Morgan fingerprint density at radius 2 is 2.14 bits per heavy atom. The van der Waals surface area contributed by atoms with E-state index in [2.05, 4.69) is 20.3 Å². The van der Waals surface area contributed by atoms with Crippen LogP contribution in [0.15, 0.2) is 65.7 Å². The zero-order chi connectivity index (χ0) is 24.9. The van der Waals surface area contributed by atoms with Gasteiger partial charge >= 0.3 is 0 Å². The van der Waals surface area contributed by atoms with E-state index < -0.39 is 0 Å². The Balaban J connectivity index is 1.15. The van der Waals surface area contributed by atoms with E-state index in [0.717, 1.165) is 17.2 Å². The molecule has 10 heteroatoms. The molecule has 184 valence electrons. The summed E-state index contributed by atoms with van der Waals surface area (Å²) in [7, 11) is 0. The summed E-state index contributed by atoms with van der Waals surface area (Å²) < 4.78 is 16.9. The summed E-state index contributed by atoms with van der Waals surface area (Å²) in [5, 5.41) is 3.87. The number of rotatable bonds is 10. The van der Waals surface area contributed by atoms with Crippen LogP contribution in [0.3, 0.4) is 0 Å². The number of nitrogens with one attached hydrogen (secondary N) is 1. The summed E-state index contributed by atoms with van der Waals surface area (Å²) in [4.78, 5) is 26.1. The number of thiazole rings is 1. The van der Waals surface area contributed by atoms with Crippen LogP contribution >= 0.6 is 22.9 Å². The average molecular weight is 523 g/mol. The largest absolute Gasteiger partial charge is 0.493 e. The van der Waals surface area contributed by atoms with Crippen LogP contribution in [-0.2, 0) is 0 Å². The molecular weight excluding hydrogens is 500 g/mol. The number of oxazole rings is 1. The molecule has 1 atom stereocenters. The maximum Gasteiger partial charge on any atom is 0.279 e. The minimum Gasteiger partial charge on any atom is -0.493 e. The minimum atomic E-state index is -0.227. The van der Waals surface area contributed by atoms with Crippen LogP contribution in [0.5, 0.6) is 16.7 Å². The number of carbonyl (C=O) groups excluding carboxylic acids is 1. The van der Waals surface area contributed by atoms with Gasteiger partial charge in [-0.1, -0.05) is 29.0 Å². The average Bonchev–Trinajstić information content (AvgIpc) is 3.34. The van der Waals surface area contributed by atoms with E-state index in [0.29, 0.717) is 39.0 Å². The summed E-state index contributed by atoms with van der Waals surface area (Å²) >= 11 is 7.73.